The second-order valence-corrected chi connectivity index (χ2v) is 4.66. The number of rotatable bonds is 5. The fraction of sp³-hybridized carbons (Fsp3) is 0.583. The van der Waals surface area contributed by atoms with Gasteiger partial charge in [0.25, 0.3) is 0 Å². The Hall–Kier alpha value is -1.65. The van der Waals surface area contributed by atoms with Gasteiger partial charge in [-0.3, -0.25) is 0 Å². The maximum Gasteiger partial charge on any atom is 0.138 e. The molecule has 17 heavy (non-hydrogen) atoms. The first-order chi connectivity index (χ1) is 8.18. The summed E-state index contributed by atoms with van der Waals surface area (Å²) in [6.45, 7) is 7.33. The van der Waals surface area contributed by atoms with Crippen LogP contribution in [0.1, 0.15) is 50.7 Å². The second kappa shape index (κ2) is 5.12. The molecule has 0 radical (unpaired) electrons. The summed E-state index contributed by atoms with van der Waals surface area (Å²) in [6, 6.07) is 0. The van der Waals surface area contributed by atoms with Crippen molar-refractivity contribution in [2.24, 2.45) is 0 Å². The van der Waals surface area contributed by atoms with Gasteiger partial charge < -0.3 is 4.98 Å². The minimum absolute atomic E-state index is 0.411. The van der Waals surface area contributed by atoms with Gasteiger partial charge in [0.2, 0.25) is 0 Å². The third-order valence-electron chi connectivity index (χ3n) is 2.92. The van der Waals surface area contributed by atoms with Crippen LogP contribution >= 0.6 is 0 Å². The molecule has 5 heteroatoms. The van der Waals surface area contributed by atoms with E-state index >= 15 is 0 Å². The Kier molecular flexibility index (Phi) is 3.56. The van der Waals surface area contributed by atoms with E-state index in [9.17, 15) is 0 Å². The van der Waals surface area contributed by atoms with Crippen molar-refractivity contribution >= 4 is 0 Å². The number of hydrogen-bond acceptors (Lipinski definition) is 3. The Labute approximate surface area is 101 Å². The summed E-state index contributed by atoms with van der Waals surface area (Å²) < 4.78 is 1.99. The predicted molar refractivity (Wildman–Crippen MR) is 65.7 cm³/mol. The lowest BCUT2D eigenvalue weighted by atomic mass is 10.1. The molecule has 0 aromatic carbocycles. The smallest absolute Gasteiger partial charge is 0.138 e. The number of aromatic nitrogens is 5. The van der Waals surface area contributed by atoms with E-state index in [0.717, 1.165) is 24.6 Å². The monoisotopic (exact) mass is 233 g/mol. The third kappa shape index (κ3) is 2.72. The summed E-state index contributed by atoms with van der Waals surface area (Å²) in [5.74, 6) is 2.92. The van der Waals surface area contributed by atoms with E-state index in [1.165, 1.54) is 0 Å². The van der Waals surface area contributed by atoms with Crippen molar-refractivity contribution in [1.29, 1.82) is 0 Å². The van der Waals surface area contributed by atoms with Crippen molar-refractivity contribution in [1.82, 2.24) is 24.7 Å². The van der Waals surface area contributed by atoms with Crippen LogP contribution in [0.5, 0.6) is 0 Å². The molecule has 1 atom stereocenters. The molecule has 2 aromatic rings. The van der Waals surface area contributed by atoms with Gasteiger partial charge in [-0.15, -0.1) is 0 Å². The largest absolute Gasteiger partial charge is 0.348 e. The summed E-state index contributed by atoms with van der Waals surface area (Å²) in [6.07, 6.45) is 6.30. The van der Waals surface area contributed by atoms with Gasteiger partial charge in [0.05, 0.1) is 0 Å². The van der Waals surface area contributed by atoms with Crippen LogP contribution in [0.25, 0.3) is 0 Å². The average Bonchev–Trinajstić information content (AvgIpc) is 2.96. The molecule has 0 spiro atoms. The number of imidazole rings is 1. The molecule has 0 saturated heterocycles. The van der Waals surface area contributed by atoms with Gasteiger partial charge in [-0.25, -0.2) is 14.6 Å². The highest BCUT2D eigenvalue weighted by Gasteiger charge is 2.12. The van der Waals surface area contributed by atoms with Gasteiger partial charge in [0.15, 0.2) is 0 Å². The first-order valence-corrected chi connectivity index (χ1v) is 6.05. The summed E-state index contributed by atoms with van der Waals surface area (Å²) in [5.41, 5.74) is 0. The van der Waals surface area contributed by atoms with Crippen LogP contribution in [0.2, 0.25) is 0 Å². The van der Waals surface area contributed by atoms with Crippen molar-refractivity contribution in [2.45, 2.75) is 45.6 Å². The maximum absolute atomic E-state index is 4.28. The van der Waals surface area contributed by atoms with E-state index in [1.54, 1.807) is 12.5 Å². The molecular weight excluding hydrogens is 214 g/mol. The van der Waals surface area contributed by atoms with Crippen molar-refractivity contribution in [2.75, 3.05) is 0 Å². The minimum Gasteiger partial charge on any atom is -0.348 e. The van der Waals surface area contributed by atoms with Crippen molar-refractivity contribution in [3.8, 4) is 0 Å². The Bertz CT molecular complexity index is 443. The molecule has 92 valence electrons. The Morgan fingerprint density at radius 3 is 2.76 bits per heavy atom. The van der Waals surface area contributed by atoms with Crippen molar-refractivity contribution < 1.29 is 0 Å². The normalized spacial score (nSPS) is 13.2. The quantitative estimate of drug-likeness (QED) is 0.862. The molecule has 0 bridgehead atoms. The first-order valence-electron chi connectivity index (χ1n) is 6.05. The lowest BCUT2D eigenvalue weighted by molar-refractivity contribution is 0.495. The van der Waals surface area contributed by atoms with Crippen LogP contribution in [0, 0.1) is 0 Å². The van der Waals surface area contributed by atoms with Crippen LogP contribution < -0.4 is 0 Å². The zero-order valence-electron chi connectivity index (χ0n) is 10.6. The molecule has 1 N–H and O–H groups in total. The summed E-state index contributed by atoms with van der Waals surface area (Å²) >= 11 is 0. The molecule has 2 rings (SSSR count). The van der Waals surface area contributed by atoms with Crippen LogP contribution in [0.3, 0.4) is 0 Å². The number of aromatic amines is 1. The highest BCUT2D eigenvalue weighted by atomic mass is 15.3. The maximum atomic E-state index is 4.28. The van der Waals surface area contributed by atoms with E-state index in [2.05, 4.69) is 40.8 Å². The van der Waals surface area contributed by atoms with E-state index in [0.29, 0.717) is 11.8 Å². The van der Waals surface area contributed by atoms with Gasteiger partial charge >= 0.3 is 0 Å². The van der Waals surface area contributed by atoms with Crippen molar-refractivity contribution in [3.63, 3.8) is 0 Å². The van der Waals surface area contributed by atoms with E-state index < -0.39 is 0 Å². The first kappa shape index (κ1) is 11.8. The lowest BCUT2D eigenvalue weighted by Gasteiger charge is -2.11. The standard InChI is InChI=1S/C12H19N5/c1-9(2)12-15-8-16-17(12)7-4-10(3)11-13-5-6-14-11/h5-6,8-10H,4,7H2,1-3H3,(H,13,14). The number of nitrogens with zero attached hydrogens (tertiary/aromatic N) is 4. The SMILES string of the molecule is CC(C)c1ncnn1CCC(C)c1ncc[nH]1. The molecule has 2 aromatic heterocycles. The molecule has 0 aliphatic heterocycles. The van der Waals surface area contributed by atoms with Crippen LogP contribution in [-0.4, -0.2) is 24.7 Å². The molecular formula is C12H19N5. The zero-order chi connectivity index (χ0) is 12.3. The van der Waals surface area contributed by atoms with Gasteiger partial charge in [-0.2, -0.15) is 5.10 Å². The molecule has 0 aliphatic carbocycles. The molecule has 0 aliphatic rings. The van der Waals surface area contributed by atoms with E-state index in [4.69, 9.17) is 0 Å². The Morgan fingerprint density at radius 2 is 2.12 bits per heavy atom. The lowest BCUT2D eigenvalue weighted by Crippen LogP contribution is -2.10. The Balaban J connectivity index is 1.96. The zero-order valence-corrected chi connectivity index (χ0v) is 10.6. The average molecular weight is 233 g/mol. The van der Waals surface area contributed by atoms with Gasteiger partial charge in [0, 0.05) is 30.8 Å². The van der Waals surface area contributed by atoms with E-state index in [1.807, 2.05) is 10.9 Å². The van der Waals surface area contributed by atoms with Gasteiger partial charge in [0.1, 0.15) is 18.0 Å². The Morgan fingerprint density at radius 1 is 1.29 bits per heavy atom. The molecule has 2 heterocycles. The second-order valence-electron chi connectivity index (χ2n) is 4.66. The van der Waals surface area contributed by atoms with Gasteiger partial charge in [-0.05, 0) is 6.42 Å². The van der Waals surface area contributed by atoms with Crippen LogP contribution in [-0.2, 0) is 6.54 Å². The molecule has 0 saturated carbocycles. The summed E-state index contributed by atoms with van der Waals surface area (Å²) in [4.78, 5) is 11.7. The van der Waals surface area contributed by atoms with Gasteiger partial charge in [-0.1, -0.05) is 20.8 Å². The third-order valence-corrected chi connectivity index (χ3v) is 2.92. The highest BCUT2D eigenvalue weighted by Crippen LogP contribution is 2.17. The minimum atomic E-state index is 0.411. The van der Waals surface area contributed by atoms with Crippen molar-refractivity contribution in [3.05, 3.63) is 30.4 Å². The predicted octanol–water partition coefficient (Wildman–Crippen LogP) is 2.32. The number of hydrogen-bond donors (Lipinski definition) is 1. The highest BCUT2D eigenvalue weighted by molar-refractivity contribution is 4.96. The van der Waals surface area contributed by atoms with Crippen LogP contribution in [0.4, 0.5) is 0 Å². The molecule has 0 fully saturated rings. The molecule has 1 unspecified atom stereocenters. The number of aryl methyl sites for hydroxylation is 1. The fourth-order valence-electron chi connectivity index (χ4n) is 1.89. The fourth-order valence-corrected chi connectivity index (χ4v) is 1.89. The van der Waals surface area contributed by atoms with E-state index in [-0.39, 0.29) is 0 Å². The summed E-state index contributed by atoms with van der Waals surface area (Å²) in [7, 11) is 0. The topological polar surface area (TPSA) is 59.4 Å². The molecule has 5 nitrogen and oxygen atoms in total. The van der Waals surface area contributed by atoms with Crippen LogP contribution in [0.15, 0.2) is 18.7 Å². The number of nitrogens with one attached hydrogen (secondary N) is 1. The summed E-state index contributed by atoms with van der Waals surface area (Å²) in [5, 5.41) is 4.27. The molecule has 0 amide bonds. The number of H-pyrrole nitrogens is 1.